The van der Waals surface area contributed by atoms with Crippen molar-refractivity contribution in [2.45, 2.75) is 19.3 Å². The topological polar surface area (TPSA) is 80.0 Å². The number of aliphatic imine (C=N–C) groups is 1. The van der Waals surface area contributed by atoms with Gasteiger partial charge in [-0.2, -0.15) is 4.99 Å². The van der Waals surface area contributed by atoms with E-state index in [9.17, 15) is 9.18 Å². The van der Waals surface area contributed by atoms with Crippen LogP contribution in [0.25, 0.3) is 11.1 Å². The smallest absolute Gasteiger partial charge is 0.253 e. The van der Waals surface area contributed by atoms with E-state index in [1.807, 2.05) is 44.2 Å². The summed E-state index contributed by atoms with van der Waals surface area (Å²) in [7, 11) is 1.61. The third-order valence-electron chi connectivity index (χ3n) is 5.60. The lowest BCUT2D eigenvalue weighted by Gasteiger charge is -2.22. The van der Waals surface area contributed by atoms with E-state index in [0.29, 0.717) is 36.3 Å². The van der Waals surface area contributed by atoms with Gasteiger partial charge in [0, 0.05) is 30.7 Å². The molecule has 166 valence electrons. The number of amides is 1. The van der Waals surface area contributed by atoms with Gasteiger partial charge in [-0.05, 0) is 17.2 Å². The van der Waals surface area contributed by atoms with E-state index in [0.717, 1.165) is 11.1 Å². The van der Waals surface area contributed by atoms with Crippen molar-refractivity contribution in [1.29, 1.82) is 0 Å². The molecule has 0 atom stereocenters. The van der Waals surface area contributed by atoms with Crippen molar-refractivity contribution in [2.75, 3.05) is 26.8 Å². The first-order valence-corrected chi connectivity index (χ1v) is 10.3. The predicted molar refractivity (Wildman–Crippen MR) is 119 cm³/mol. The second-order valence-corrected chi connectivity index (χ2v) is 8.13. The summed E-state index contributed by atoms with van der Waals surface area (Å²) in [5, 5.41) is 6.94. The Hall–Kier alpha value is -3.52. The van der Waals surface area contributed by atoms with Gasteiger partial charge in [0.05, 0.1) is 12.3 Å². The zero-order valence-corrected chi connectivity index (χ0v) is 18.3. The van der Waals surface area contributed by atoms with Crippen LogP contribution in [-0.4, -0.2) is 48.7 Å². The summed E-state index contributed by atoms with van der Waals surface area (Å²) >= 11 is 0. The Balaban J connectivity index is 1.55. The van der Waals surface area contributed by atoms with Gasteiger partial charge in [0.25, 0.3) is 5.88 Å². The first-order valence-electron chi connectivity index (χ1n) is 10.3. The number of carbonyl (C=O) groups is 1. The number of hydrogen-bond acceptors (Lipinski definition) is 5. The molecule has 2 aromatic carbocycles. The van der Waals surface area contributed by atoms with Crippen LogP contribution in [0.3, 0.4) is 0 Å². The molecule has 4 rings (SSSR count). The van der Waals surface area contributed by atoms with Crippen molar-refractivity contribution in [3.05, 3.63) is 71.7 Å². The third kappa shape index (κ3) is 4.40. The minimum atomic E-state index is -0.468. The number of benzene rings is 2. The Morgan fingerprint density at radius 1 is 1.22 bits per heavy atom. The van der Waals surface area contributed by atoms with Crippen LogP contribution >= 0.6 is 0 Å². The summed E-state index contributed by atoms with van der Waals surface area (Å²) in [5.74, 6) is 0.339. The zero-order valence-electron chi connectivity index (χ0n) is 18.3. The van der Waals surface area contributed by atoms with E-state index in [4.69, 9.17) is 9.26 Å². The summed E-state index contributed by atoms with van der Waals surface area (Å²) in [6.07, 6.45) is 0. The number of nitrogens with zero attached hydrogens (tertiary/aromatic N) is 3. The molecule has 0 bridgehead atoms. The monoisotopic (exact) mass is 436 g/mol. The van der Waals surface area contributed by atoms with Gasteiger partial charge in [-0.1, -0.05) is 61.5 Å². The number of ether oxygens (including phenoxy) is 1. The van der Waals surface area contributed by atoms with Crippen LogP contribution in [0, 0.1) is 5.82 Å². The van der Waals surface area contributed by atoms with Crippen LogP contribution in [0.2, 0.25) is 0 Å². The molecule has 0 spiro atoms. The Labute approximate surface area is 185 Å². The van der Waals surface area contributed by atoms with Gasteiger partial charge in [-0.25, -0.2) is 4.39 Å². The summed E-state index contributed by atoms with van der Waals surface area (Å²) in [5.41, 5.74) is 2.60. The maximum atomic E-state index is 14.1. The average molecular weight is 436 g/mol. The Kier molecular flexibility index (Phi) is 6.05. The number of halogens is 1. The minimum Gasteiger partial charge on any atom is -0.383 e. The van der Waals surface area contributed by atoms with Crippen molar-refractivity contribution in [3.8, 4) is 11.1 Å². The van der Waals surface area contributed by atoms with E-state index >= 15 is 0 Å². The molecule has 0 unspecified atom stereocenters. The van der Waals surface area contributed by atoms with E-state index in [1.54, 1.807) is 30.2 Å². The number of guanidine groups is 1. The first-order chi connectivity index (χ1) is 15.4. The van der Waals surface area contributed by atoms with Crippen LogP contribution in [-0.2, 0) is 14.9 Å². The Morgan fingerprint density at radius 2 is 1.97 bits per heavy atom. The molecule has 1 fully saturated rings. The molecule has 32 heavy (non-hydrogen) atoms. The maximum absolute atomic E-state index is 14.1. The highest BCUT2D eigenvalue weighted by molar-refractivity contribution is 6.04. The normalized spacial score (nSPS) is 15.4. The Morgan fingerprint density at radius 3 is 2.69 bits per heavy atom. The summed E-state index contributed by atoms with van der Waals surface area (Å²) in [4.78, 5) is 18.0. The van der Waals surface area contributed by atoms with Crippen molar-refractivity contribution in [3.63, 3.8) is 0 Å². The molecule has 1 N–H and O–H groups in total. The second kappa shape index (κ2) is 8.92. The molecule has 7 nitrogen and oxygen atoms in total. The lowest BCUT2D eigenvalue weighted by molar-refractivity contribution is -0.118. The first kappa shape index (κ1) is 21.7. The van der Waals surface area contributed by atoms with Gasteiger partial charge >= 0.3 is 0 Å². The number of aromatic nitrogens is 1. The van der Waals surface area contributed by atoms with Crippen LogP contribution in [0.1, 0.15) is 25.1 Å². The third-order valence-corrected chi connectivity index (χ3v) is 5.60. The molecule has 1 saturated heterocycles. The van der Waals surface area contributed by atoms with Gasteiger partial charge in [0.15, 0.2) is 0 Å². The van der Waals surface area contributed by atoms with Crippen LogP contribution in [0.4, 0.5) is 10.3 Å². The SMILES string of the molecule is COCCN1CC(=O)NC1=Nc1cc(C(C)(C)c2ccc(-c3ccccc3F)cc2)no1. The number of methoxy groups -OCH3 is 1. The highest BCUT2D eigenvalue weighted by Gasteiger charge is 2.29. The fourth-order valence-corrected chi connectivity index (χ4v) is 3.60. The number of rotatable bonds is 7. The van der Waals surface area contributed by atoms with Gasteiger partial charge in [-0.15, -0.1) is 0 Å². The zero-order chi connectivity index (χ0) is 22.7. The minimum absolute atomic E-state index is 0.130. The van der Waals surface area contributed by atoms with Gasteiger partial charge in [0.1, 0.15) is 12.4 Å². The lowest BCUT2D eigenvalue weighted by Crippen LogP contribution is -2.32. The molecular weight excluding hydrogens is 411 g/mol. The van der Waals surface area contributed by atoms with Crippen LogP contribution in [0.5, 0.6) is 0 Å². The molecule has 1 amide bonds. The lowest BCUT2D eigenvalue weighted by atomic mass is 9.81. The standard InChI is InChI=1S/C24H25FN4O3/c1-24(2,17-10-8-16(9-11-17)18-6-4-5-7-19(18)25)20-14-22(32-28-20)27-23-26-21(30)15-29(23)12-13-31-3/h4-11,14H,12-13,15H2,1-3H3,(H,26,27,30). The summed E-state index contributed by atoms with van der Waals surface area (Å²) in [6, 6.07) is 16.2. The molecule has 8 heteroatoms. The fraction of sp³-hybridized carbons (Fsp3) is 0.292. The second-order valence-electron chi connectivity index (χ2n) is 8.13. The molecule has 1 aliphatic heterocycles. The van der Waals surface area contributed by atoms with E-state index in [-0.39, 0.29) is 18.3 Å². The molecule has 2 heterocycles. The van der Waals surface area contributed by atoms with Crippen molar-refractivity contribution < 1.29 is 18.4 Å². The Bertz CT molecular complexity index is 1140. The highest BCUT2D eigenvalue weighted by atomic mass is 19.1. The molecule has 0 aliphatic carbocycles. The molecule has 1 aromatic heterocycles. The molecular formula is C24H25FN4O3. The number of carbonyl (C=O) groups excluding carboxylic acids is 1. The van der Waals surface area contributed by atoms with Crippen LogP contribution in [0.15, 0.2) is 64.1 Å². The van der Waals surface area contributed by atoms with Crippen molar-refractivity contribution >= 4 is 17.8 Å². The van der Waals surface area contributed by atoms with E-state index in [2.05, 4.69) is 15.5 Å². The predicted octanol–water partition coefficient (Wildman–Crippen LogP) is 3.87. The fourth-order valence-electron chi connectivity index (χ4n) is 3.60. The van der Waals surface area contributed by atoms with Crippen molar-refractivity contribution in [1.82, 2.24) is 15.4 Å². The summed E-state index contributed by atoms with van der Waals surface area (Å²) < 4.78 is 24.6. The van der Waals surface area contributed by atoms with E-state index < -0.39 is 5.41 Å². The largest absolute Gasteiger partial charge is 0.383 e. The van der Waals surface area contributed by atoms with Gasteiger partial charge < -0.3 is 14.2 Å². The summed E-state index contributed by atoms with van der Waals surface area (Å²) in [6.45, 7) is 5.30. The van der Waals surface area contributed by atoms with Crippen molar-refractivity contribution in [2.24, 2.45) is 4.99 Å². The quantitative estimate of drug-likeness (QED) is 0.608. The number of hydrogen-bond donors (Lipinski definition) is 1. The van der Waals surface area contributed by atoms with Gasteiger partial charge in [-0.3, -0.25) is 10.1 Å². The van der Waals surface area contributed by atoms with Gasteiger partial charge in [0.2, 0.25) is 11.9 Å². The molecule has 0 radical (unpaired) electrons. The molecule has 0 saturated carbocycles. The van der Waals surface area contributed by atoms with Crippen LogP contribution < -0.4 is 5.32 Å². The molecule has 1 aliphatic rings. The molecule has 3 aromatic rings. The maximum Gasteiger partial charge on any atom is 0.253 e. The highest BCUT2D eigenvalue weighted by Crippen LogP contribution is 2.34. The van der Waals surface area contributed by atoms with E-state index in [1.165, 1.54) is 6.07 Å². The number of nitrogens with one attached hydrogen (secondary N) is 1. The average Bonchev–Trinajstić information content (AvgIpc) is 3.39.